The summed E-state index contributed by atoms with van der Waals surface area (Å²) < 4.78 is 0. The monoisotopic (exact) mass is 260 g/mol. The number of ketones is 1. The maximum absolute atomic E-state index is 11.5. The molecule has 2 nitrogen and oxygen atoms in total. The number of benzene rings is 1. The van der Waals surface area contributed by atoms with Gasteiger partial charge in [-0.25, -0.2) is 0 Å². The van der Waals surface area contributed by atoms with Crippen LogP contribution in [0.1, 0.15) is 31.7 Å². The van der Waals surface area contributed by atoms with E-state index in [1.807, 2.05) is 6.92 Å². The number of carbonyl (C=O) groups excluding carboxylic acids is 1. The van der Waals surface area contributed by atoms with E-state index in [4.69, 9.17) is 11.6 Å². The first-order valence-electron chi connectivity index (χ1n) is 5.81. The van der Waals surface area contributed by atoms with Gasteiger partial charge >= 0.3 is 0 Å². The molecule has 1 aromatic carbocycles. The number of allylic oxidation sites excluding steroid dienone is 2. The normalized spacial score (nSPS) is 15.3. The van der Waals surface area contributed by atoms with E-state index in [2.05, 4.69) is 11.8 Å². The van der Waals surface area contributed by atoms with E-state index < -0.39 is 0 Å². The third kappa shape index (κ3) is 2.75. The van der Waals surface area contributed by atoms with Crippen molar-refractivity contribution in [3.05, 3.63) is 39.9 Å². The van der Waals surface area contributed by atoms with E-state index in [0.717, 1.165) is 24.0 Å². The van der Waals surface area contributed by atoms with E-state index >= 15 is 0 Å². The Bertz CT molecular complexity index is 588. The standard InChI is InChI=1S/C15H13ClO2/c1-10-11(3-2-4-15(10)18)5-6-12-7-8-13(17)9-14(12)16/h7-9,17H,2-4H2,1H3. The Morgan fingerprint density at radius 3 is 2.78 bits per heavy atom. The highest BCUT2D eigenvalue weighted by Gasteiger charge is 2.14. The molecular formula is C15H13ClO2. The van der Waals surface area contributed by atoms with E-state index in [1.54, 1.807) is 12.1 Å². The maximum atomic E-state index is 11.5. The van der Waals surface area contributed by atoms with Gasteiger partial charge in [-0.3, -0.25) is 4.79 Å². The molecule has 0 spiro atoms. The largest absolute Gasteiger partial charge is 0.508 e. The average Bonchev–Trinajstić information content (AvgIpc) is 2.33. The van der Waals surface area contributed by atoms with Gasteiger partial charge in [0, 0.05) is 23.1 Å². The molecule has 1 aliphatic carbocycles. The summed E-state index contributed by atoms with van der Waals surface area (Å²) in [5, 5.41) is 9.66. The zero-order valence-corrected chi connectivity index (χ0v) is 10.8. The van der Waals surface area contributed by atoms with Gasteiger partial charge in [0.2, 0.25) is 0 Å². The van der Waals surface area contributed by atoms with Crippen LogP contribution in [0.4, 0.5) is 0 Å². The number of phenols is 1. The van der Waals surface area contributed by atoms with Crippen molar-refractivity contribution >= 4 is 17.4 Å². The van der Waals surface area contributed by atoms with E-state index in [1.165, 1.54) is 6.07 Å². The minimum Gasteiger partial charge on any atom is -0.508 e. The highest BCUT2D eigenvalue weighted by atomic mass is 35.5. The van der Waals surface area contributed by atoms with Gasteiger partial charge in [-0.15, -0.1) is 0 Å². The van der Waals surface area contributed by atoms with Crippen molar-refractivity contribution in [2.24, 2.45) is 0 Å². The van der Waals surface area contributed by atoms with Crippen molar-refractivity contribution in [1.29, 1.82) is 0 Å². The van der Waals surface area contributed by atoms with Crippen LogP contribution < -0.4 is 0 Å². The molecule has 0 bridgehead atoms. The number of halogens is 1. The van der Waals surface area contributed by atoms with Crippen LogP contribution in [0.15, 0.2) is 29.3 Å². The number of carbonyl (C=O) groups is 1. The first-order valence-corrected chi connectivity index (χ1v) is 6.19. The second kappa shape index (κ2) is 5.29. The third-order valence-corrected chi connectivity index (χ3v) is 3.31. The van der Waals surface area contributed by atoms with Crippen molar-refractivity contribution < 1.29 is 9.90 Å². The molecule has 0 amide bonds. The molecule has 3 heteroatoms. The molecular weight excluding hydrogens is 248 g/mol. The quantitative estimate of drug-likeness (QED) is 0.726. The average molecular weight is 261 g/mol. The molecule has 1 N–H and O–H groups in total. The van der Waals surface area contributed by atoms with Gasteiger partial charge in [-0.05, 0) is 38.0 Å². The molecule has 0 saturated heterocycles. The Morgan fingerprint density at radius 1 is 1.28 bits per heavy atom. The highest BCUT2D eigenvalue weighted by molar-refractivity contribution is 6.31. The molecule has 1 aromatic rings. The molecule has 0 unspecified atom stereocenters. The van der Waals surface area contributed by atoms with Gasteiger partial charge in [0.1, 0.15) is 5.75 Å². The number of Topliss-reactive ketones (excluding diaryl/α,β-unsaturated/α-hetero) is 1. The molecule has 0 aromatic heterocycles. The molecule has 0 heterocycles. The van der Waals surface area contributed by atoms with E-state index in [9.17, 15) is 9.90 Å². The lowest BCUT2D eigenvalue weighted by molar-refractivity contribution is -0.116. The minimum absolute atomic E-state index is 0.119. The Morgan fingerprint density at radius 2 is 2.06 bits per heavy atom. The van der Waals surface area contributed by atoms with Crippen LogP contribution in [0.2, 0.25) is 5.02 Å². The van der Waals surface area contributed by atoms with E-state index in [0.29, 0.717) is 17.0 Å². The predicted molar refractivity (Wildman–Crippen MR) is 71.6 cm³/mol. The van der Waals surface area contributed by atoms with Crippen molar-refractivity contribution in [3.63, 3.8) is 0 Å². The number of hydrogen-bond donors (Lipinski definition) is 1. The van der Waals surface area contributed by atoms with Crippen LogP contribution in [0.5, 0.6) is 5.75 Å². The van der Waals surface area contributed by atoms with Crippen molar-refractivity contribution in [2.45, 2.75) is 26.2 Å². The topological polar surface area (TPSA) is 37.3 Å². The number of phenolic OH excluding ortho intramolecular Hbond substituents is 1. The highest BCUT2D eigenvalue weighted by Crippen LogP contribution is 2.23. The molecule has 18 heavy (non-hydrogen) atoms. The summed E-state index contributed by atoms with van der Waals surface area (Å²) in [6.07, 6.45) is 2.33. The number of aromatic hydroxyl groups is 1. The zero-order valence-electron chi connectivity index (χ0n) is 10.1. The van der Waals surface area contributed by atoms with Crippen LogP contribution in [0, 0.1) is 11.8 Å². The Kier molecular flexibility index (Phi) is 3.74. The van der Waals surface area contributed by atoms with E-state index in [-0.39, 0.29) is 11.5 Å². The molecule has 1 aliphatic rings. The predicted octanol–water partition coefficient (Wildman–Crippen LogP) is 3.47. The summed E-state index contributed by atoms with van der Waals surface area (Å²) in [6.45, 7) is 1.82. The summed E-state index contributed by atoms with van der Waals surface area (Å²) in [6, 6.07) is 4.67. The molecule has 92 valence electrons. The molecule has 0 radical (unpaired) electrons. The lowest BCUT2D eigenvalue weighted by atomic mass is 9.92. The zero-order chi connectivity index (χ0) is 13.1. The van der Waals surface area contributed by atoms with Crippen LogP contribution >= 0.6 is 11.6 Å². The fourth-order valence-corrected chi connectivity index (χ4v) is 2.10. The summed E-state index contributed by atoms with van der Waals surface area (Å²) in [7, 11) is 0. The molecule has 0 atom stereocenters. The first-order chi connectivity index (χ1) is 8.58. The smallest absolute Gasteiger partial charge is 0.159 e. The van der Waals surface area contributed by atoms with Crippen LogP contribution in [-0.4, -0.2) is 10.9 Å². The lowest BCUT2D eigenvalue weighted by Crippen LogP contribution is -2.08. The van der Waals surface area contributed by atoms with Crippen LogP contribution in [0.25, 0.3) is 0 Å². The lowest BCUT2D eigenvalue weighted by Gasteiger charge is -2.11. The number of rotatable bonds is 0. The van der Waals surface area contributed by atoms with Crippen LogP contribution in [0.3, 0.4) is 0 Å². The third-order valence-electron chi connectivity index (χ3n) is 3.00. The fraction of sp³-hybridized carbons (Fsp3) is 0.267. The van der Waals surface area contributed by atoms with Gasteiger partial charge in [0.25, 0.3) is 0 Å². The van der Waals surface area contributed by atoms with Crippen molar-refractivity contribution in [3.8, 4) is 17.6 Å². The summed E-state index contributed by atoms with van der Waals surface area (Å²) in [5.41, 5.74) is 2.33. The first kappa shape index (κ1) is 12.7. The molecule has 0 saturated carbocycles. The van der Waals surface area contributed by atoms with Crippen molar-refractivity contribution in [2.75, 3.05) is 0 Å². The van der Waals surface area contributed by atoms with Gasteiger partial charge in [0.05, 0.1) is 5.02 Å². The minimum atomic E-state index is 0.119. The maximum Gasteiger partial charge on any atom is 0.159 e. The molecule has 0 fully saturated rings. The van der Waals surface area contributed by atoms with Crippen molar-refractivity contribution in [1.82, 2.24) is 0 Å². The Balaban J connectivity index is 2.32. The number of hydrogen-bond acceptors (Lipinski definition) is 2. The van der Waals surface area contributed by atoms with Gasteiger partial charge in [0.15, 0.2) is 5.78 Å². The van der Waals surface area contributed by atoms with Gasteiger partial charge < -0.3 is 5.11 Å². The Hall–Kier alpha value is -1.72. The summed E-state index contributed by atoms with van der Waals surface area (Å²) >= 11 is 5.97. The van der Waals surface area contributed by atoms with Crippen LogP contribution in [-0.2, 0) is 4.79 Å². The second-order valence-corrected chi connectivity index (χ2v) is 4.70. The molecule has 0 aliphatic heterocycles. The summed E-state index contributed by atoms with van der Waals surface area (Å²) in [4.78, 5) is 11.5. The SMILES string of the molecule is CC1=C(C#Cc2ccc(O)cc2Cl)CCCC1=O. The summed E-state index contributed by atoms with van der Waals surface area (Å²) in [5.74, 6) is 6.28. The Labute approximate surface area is 111 Å². The second-order valence-electron chi connectivity index (χ2n) is 4.29. The molecule has 2 rings (SSSR count). The van der Waals surface area contributed by atoms with Gasteiger partial charge in [-0.1, -0.05) is 23.4 Å². The fourth-order valence-electron chi connectivity index (χ4n) is 1.87. The van der Waals surface area contributed by atoms with Gasteiger partial charge in [-0.2, -0.15) is 0 Å².